The van der Waals surface area contributed by atoms with Crippen LogP contribution in [0.5, 0.6) is 11.5 Å². The number of likely N-dealkylation sites (tertiary alicyclic amines) is 1. The van der Waals surface area contributed by atoms with Gasteiger partial charge in [-0.05, 0) is 80.7 Å². The molecule has 1 aliphatic carbocycles. The molecule has 1 aromatic heterocycles. The number of ether oxygens (including phenoxy) is 2. The van der Waals surface area contributed by atoms with Crippen molar-refractivity contribution in [2.75, 3.05) is 20.2 Å². The van der Waals surface area contributed by atoms with Gasteiger partial charge in [-0.3, -0.25) is 4.79 Å². The summed E-state index contributed by atoms with van der Waals surface area (Å²) in [4.78, 5) is 19.6. The lowest BCUT2D eigenvalue weighted by Crippen LogP contribution is -2.39. The first kappa shape index (κ1) is 21.7. The van der Waals surface area contributed by atoms with Crippen molar-refractivity contribution < 1.29 is 14.3 Å². The van der Waals surface area contributed by atoms with Crippen LogP contribution >= 0.6 is 0 Å². The fourth-order valence-electron chi connectivity index (χ4n) is 5.15. The second kappa shape index (κ2) is 9.82. The zero-order valence-electron chi connectivity index (χ0n) is 19.3. The highest BCUT2D eigenvalue weighted by atomic mass is 16.5. The molecule has 33 heavy (non-hydrogen) atoms. The number of nitrogens with zero attached hydrogens (tertiary/aromatic N) is 2. The van der Waals surface area contributed by atoms with E-state index in [1.165, 1.54) is 18.4 Å². The second-order valence-corrected chi connectivity index (χ2v) is 9.34. The Morgan fingerprint density at radius 3 is 2.55 bits per heavy atom. The van der Waals surface area contributed by atoms with Crippen LogP contribution in [-0.2, 0) is 6.42 Å². The van der Waals surface area contributed by atoms with Gasteiger partial charge in [0.05, 0.1) is 18.7 Å². The Labute approximate surface area is 195 Å². The molecule has 2 fully saturated rings. The minimum Gasteiger partial charge on any atom is -0.493 e. The number of aromatic nitrogens is 1. The molecular formula is C28H32N2O3. The highest BCUT2D eigenvalue weighted by Gasteiger charge is 2.25. The summed E-state index contributed by atoms with van der Waals surface area (Å²) >= 11 is 0. The molecule has 2 heterocycles. The highest BCUT2D eigenvalue weighted by Crippen LogP contribution is 2.34. The molecule has 5 rings (SSSR count). The second-order valence-electron chi connectivity index (χ2n) is 9.34. The lowest BCUT2D eigenvalue weighted by atomic mass is 9.90. The van der Waals surface area contributed by atoms with Gasteiger partial charge in [-0.1, -0.05) is 30.3 Å². The number of rotatable bonds is 6. The van der Waals surface area contributed by atoms with Gasteiger partial charge in [-0.25, -0.2) is 4.98 Å². The van der Waals surface area contributed by atoms with Gasteiger partial charge in [-0.2, -0.15) is 0 Å². The molecule has 5 nitrogen and oxygen atoms in total. The van der Waals surface area contributed by atoms with Crippen LogP contribution in [0.3, 0.4) is 0 Å². The molecule has 1 aliphatic heterocycles. The van der Waals surface area contributed by atoms with Crippen molar-refractivity contribution in [3.8, 4) is 11.5 Å². The number of fused-ring (bicyclic) bond motifs is 1. The Kier molecular flexibility index (Phi) is 6.47. The Balaban J connectivity index is 1.20. The van der Waals surface area contributed by atoms with Crippen LogP contribution < -0.4 is 9.47 Å². The molecule has 5 heteroatoms. The SMILES string of the molecule is COc1ccc(CC2CCN(C(=O)c3ccc4ccccc4n3)CC2)cc1OC1CCCC1. The van der Waals surface area contributed by atoms with Crippen LogP contribution in [0.4, 0.5) is 0 Å². The smallest absolute Gasteiger partial charge is 0.272 e. The van der Waals surface area contributed by atoms with Gasteiger partial charge in [0.15, 0.2) is 11.5 Å². The van der Waals surface area contributed by atoms with Crippen molar-refractivity contribution in [1.29, 1.82) is 0 Å². The number of carbonyl (C=O) groups excluding carboxylic acids is 1. The summed E-state index contributed by atoms with van der Waals surface area (Å²) in [6.07, 6.45) is 8.08. The van der Waals surface area contributed by atoms with Crippen LogP contribution in [0, 0.1) is 5.92 Å². The molecule has 3 aromatic rings. The first-order valence-electron chi connectivity index (χ1n) is 12.2. The molecule has 172 valence electrons. The molecular weight excluding hydrogens is 412 g/mol. The summed E-state index contributed by atoms with van der Waals surface area (Å²) in [5.41, 5.74) is 2.69. The van der Waals surface area contributed by atoms with E-state index >= 15 is 0 Å². The maximum atomic E-state index is 13.0. The number of hydrogen-bond donors (Lipinski definition) is 0. The molecule has 0 unspecified atom stereocenters. The summed E-state index contributed by atoms with van der Waals surface area (Å²) in [5, 5.41) is 1.06. The molecule has 0 atom stereocenters. The van der Waals surface area contributed by atoms with Crippen LogP contribution in [0.2, 0.25) is 0 Å². The third-order valence-electron chi connectivity index (χ3n) is 7.07. The molecule has 1 saturated carbocycles. The van der Waals surface area contributed by atoms with E-state index in [2.05, 4.69) is 17.1 Å². The van der Waals surface area contributed by atoms with Crippen molar-refractivity contribution in [3.05, 3.63) is 65.9 Å². The first-order chi connectivity index (χ1) is 16.2. The number of pyridine rings is 1. The minimum atomic E-state index is 0.0379. The van der Waals surface area contributed by atoms with Crippen LogP contribution in [0.25, 0.3) is 10.9 Å². The topological polar surface area (TPSA) is 51.7 Å². The van der Waals surface area contributed by atoms with Crippen molar-refractivity contribution in [2.24, 2.45) is 5.92 Å². The maximum Gasteiger partial charge on any atom is 0.272 e. The molecule has 0 spiro atoms. The van der Waals surface area contributed by atoms with Crippen LogP contribution in [0.15, 0.2) is 54.6 Å². The van der Waals surface area contributed by atoms with Crippen molar-refractivity contribution in [3.63, 3.8) is 0 Å². The van der Waals surface area contributed by atoms with E-state index in [0.29, 0.717) is 17.7 Å². The summed E-state index contributed by atoms with van der Waals surface area (Å²) in [6.45, 7) is 1.55. The fraction of sp³-hybridized carbons (Fsp3) is 0.429. The van der Waals surface area contributed by atoms with Crippen LogP contribution in [0.1, 0.15) is 54.6 Å². The number of hydrogen-bond acceptors (Lipinski definition) is 4. The Bertz CT molecular complexity index is 1120. The largest absolute Gasteiger partial charge is 0.493 e. The molecule has 0 bridgehead atoms. The van der Waals surface area contributed by atoms with E-state index in [1.54, 1.807) is 7.11 Å². The predicted molar refractivity (Wildman–Crippen MR) is 130 cm³/mol. The lowest BCUT2D eigenvalue weighted by molar-refractivity contribution is 0.0685. The Hall–Kier alpha value is -3.08. The fourth-order valence-corrected chi connectivity index (χ4v) is 5.15. The van der Waals surface area contributed by atoms with Crippen molar-refractivity contribution in [2.45, 2.75) is 51.0 Å². The Morgan fingerprint density at radius 2 is 1.76 bits per heavy atom. The summed E-state index contributed by atoms with van der Waals surface area (Å²) < 4.78 is 11.8. The molecule has 1 amide bonds. The zero-order valence-corrected chi connectivity index (χ0v) is 19.3. The van der Waals surface area contributed by atoms with Gasteiger partial charge >= 0.3 is 0 Å². The van der Waals surface area contributed by atoms with Crippen molar-refractivity contribution in [1.82, 2.24) is 9.88 Å². The summed E-state index contributed by atoms with van der Waals surface area (Å²) in [6, 6.07) is 18.1. The molecule has 2 aliphatic rings. The standard InChI is InChI=1S/C28H32N2O3/c1-32-26-13-10-21(19-27(26)33-23-7-3-4-8-23)18-20-14-16-30(17-15-20)28(31)25-12-11-22-6-2-5-9-24(22)29-25/h2,5-6,9-13,19-20,23H,3-4,7-8,14-18H2,1H3. The Morgan fingerprint density at radius 1 is 0.970 bits per heavy atom. The number of piperidine rings is 1. The van der Waals surface area contributed by atoms with E-state index in [-0.39, 0.29) is 5.91 Å². The molecule has 1 saturated heterocycles. The van der Waals surface area contributed by atoms with E-state index in [4.69, 9.17) is 9.47 Å². The number of para-hydroxylation sites is 1. The number of amides is 1. The van der Waals surface area contributed by atoms with E-state index in [0.717, 1.165) is 67.6 Å². The molecule has 2 aromatic carbocycles. The molecule has 0 N–H and O–H groups in total. The summed E-state index contributed by atoms with van der Waals surface area (Å²) in [7, 11) is 1.70. The van der Waals surface area contributed by atoms with Gasteiger partial charge in [0.2, 0.25) is 0 Å². The minimum absolute atomic E-state index is 0.0379. The van der Waals surface area contributed by atoms with Gasteiger partial charge in [0.1, 0.15) is 5.69 Å². The predicted octanol–water partition coefficient (Wildman–Crippen LogP) is 5.66. The average Bonchev–Trinajstić information content (AvgIpc) is 3.37. The number of carbonyl (C=O) groups is 1. The molecule has 0 radical (unpaired) electrons. The van der Waals surface area contributed by atoms with Crippen LogP contribution in [-0.4, -0.2) is 42.1 Å². The van der Waals surface area contributed by atoms with Gasteiger partial charge in [0, 0.05) is 18.5 Å². The average molecular weight is 445 g/mol. The first-order valence-corrected chi connectivity index (χ1v) is 12.2. The maximum absolute atomic E-state index is 13.0. The van der Waals surface area contributed by atoms with Gasteiger partial charge in [-0.15, -0.1) is 0 Å². The number of methoxy groups -OCH3 is 1. The van der Waals surface area contributed by atoms with E-state index in [1.807, 2.05) is 47.4 Å². The third kappa shape index (κ3) is 4.97. The number of benzene rings is 2. The zero-order chi connectivity index (χ0) is 22.6. The van der Waals surface area contributed by atoms with Gasteiger partial charge < -0.3 is 14.4 Å². The highest BCUT2D eigenvalue weighted by molar-refractivity contribution is 5.95. The third-order valence-corrected chi connectivity index (χ3v) is 7.07. The lowest BCUT2D eigenvalue weighted by Gasteiger charge is -2.32. The quantitative estimate of drug-likeness (QED) is 0.492. The summed E-state index contributed by atoms with van der Waals surface area (Å²) in [5.74, 6) is 2.29. The van der Waals surface area contributed by atoms with Gasteiger partial charge in [0.25, 0.3) is 5.91 Å². The monoisotopic (exact) mass is 444 g/mol. The van der Waals surface area contributed by atoms with Crippen molar-refractivity contribution >= 4 is 16.8 Å². The van der Waals surface area contributed by atoms with E-state index < -0.39 is 0 Å². The normalized spacial score (nSPS) is 17.4. The van der Waals surface area contributed by atoms with E-state index in [9.17, 15) is 4.79 Å².